The molecule has 4 rings (SSSR count). The van der Waals surface area contributed by atoms with E-state index in [1.807, 2.05) is 48.5 Å². The predicted molar refractivity (Wildman–Crippen MR) is 140 cm³/mol. The van der Waals surface area contributed by atoms with Crippen LogP contribution in [0, 0.1) is 0 Å². The first-order chi connectivity index (χ1) is 17.9. The summed E-state index contributed by atoms with van der Waals surface area (Å²) in [5.41, 5.74) is 3.58. The second-order valence-electron chi connectivity index (χ2n) is 8.44. The van der Waals surface area contributed by atoms with E-state index in [2.05, 4.69) is 0 Å². The zero-order valence-electron chi connectivity index (χ0n) is 20.5. The van der Waals surface area contributed by atoms with Crippen molar-refractivity contribution >= 4 is 11.9 Å². The minimum atomic E-state index is -1.20. The van der Waals surface area contributed by atoms with Crippen molar-refractivity contribution < 1.29 is 29.3 Å². The van der Waals surface area contributed by atoms with E-state index in [1.165, 1.54) is 12.1 Å². The molecule has 0 atom stereocenters. The van der Waals surface area contributed by atoms with Gasteiger partial charge in [0.15, 0.2) is 0 Å². The van der Waals surface area contributed by atoms with Gasteiger partial charge in [-0.2, -0.15) is 0 Å². The highest BCUT2D eigenvalue weighted by Crippen LogP contribution is 2.27. The minimum Gasteiger partial charge on any atom is -0.507 e. The molecule has 7 nitrogen and oxygen atoms in total. The number of rotatable bonds is 9. The summed E-state index contributed by atoms with van der Waals surface area (Å²) >= 11 is 0. The maximum absolute atomic E-state index is 13.6. The molecule has 0 aliphatic heterocycles. The minimum absolute atomic E-state index is 0.154. The van der Waals surface area contributed by atoms with Gasteiger partial charge in [0, 0.05) is 24.2 Å². The molecule has 4 aromatic rings. The number of ether oxygens (including phenoxy) is 2. The molecule has 0 heterocycles. The molecule has 0 aliphatic carbocycles. The number of para-hydroxylation sites is 1. The molecule has 4 aromatic carbocycles. The van der Waals surface area contributed by atoms with E-state index in [4.69, 9.17) is 9.47 Å². The fourth-order valence-electron chi connectivity index (χ4n) is 4.09. The molecule has 0 radical (unpaired) electrons. The second kappa shape index (κ2) is 11.3. The van der Waals surface area contributed by atoms with E-state index in [9.17, 15) is 19.8 Å². The van der Waals surface area contributed by atoms with Crippen molar-refractivity contribution in [3.05, 3.63) is 113 Å². The lowest BCUT2D eigenvalue weighted by atomic mass is 10.0. The number of carbonyl (C=O) groups excluding carboxylic acids is 1. The van der Waals surface area contributed by atoms with Crippen molar-refractivity contribution in [1.29, 1.82) is 0 Å². The number of benzene rings is 4. The van der Waals surface area contributed by atoms with Gasteiger partial charge in [-0.1, -0.05) is 54.6 Å². The third-order valence-corrected chi connectivity index (χ3v) is 6.05. The van der Waals surface area contributed by atoms with E-state index < -0.39 is 5.97 Å². The van der Waals surface area contributed by atoms with Crippen LogP contribution in [0.15, 0.2) is 91.0 Å². The number of carbonyl (C=O) groups is 2. The summed E-state index contributed by atoms with van der Waals surface area (Å²) in [6, 6.07) is 26.6. The summed E-state index contributed by atoms with van der Waals surface area (Å²) in [6.45, 7) is 0.673. The molecule has 1 amide bonds. The molecule has 0 bridgehead atoms. The highest BCUT2D eigenvalue weighted by molar-refractivity contribution is 5.94. The first-order valence-electron chi connectivity index (χ1n) is 11.6. The highest BCUT2D eigenvalue weighted by atomic mass is 16.5. The lowest BCUT2D eigenvalue weighted by Gasteiger charge is -2.24. The number of methoxy groups -OCH3 is 2. The molecule has 0 aromatic heterocycles. The van der Waals surface area contributed by atoms with Gasteiger partial charge in [0.2, 0.25) is 0 Å². The first kappa shape index (κ1) is 25.3. The van der Waals surface area contributed by atoms with Crippen molar-refractivity contribution in [1.82, 2.24) is 4.90 Å². The smallest absolute Gasteiger partial charge is 0.339 e. The van der Waals surface area contributed by atoms with Crippen LogP contribution in [-0.2, 0) is 13.1 Å². The van der Waals surface area contributed by atoms with Crippen LogP contribution in [0.2, 0.25) is 0 Å². The van der Waals surface area contributed by atoms with Gasteiger partial charge in [-0.25, -0.2) is 4.79 Å². The average Bonchev–Trinajstić information content (AvgIpc) is 2.93. The van der Waals surface area contributed by atoms with Crippen LogP contribution >= 0.6 is 0 Å². The van der Waals surface area contributed by atoms with Crippen LogP contribution in [0.1, 0.15) is 31.8 Å². The molecule has 0 saturated carbocycles. The average molecular weight is 498 g/mol. The lowest BCUT2D eigenvalue weighted by molar-refractivity contribution is 0.0691. The van der Waals surface area contributed by atoms with Crippen molar-refractivity contribution in [2.24, 2.45) is 0 Å². The highest BCUT2D eigenvalue weighted by Gasteiger charge is 2.19. The van der Waals surface area contributed by atoms with E-state index in [0.29, 0.717) is 35.7 Å². The predicted octanol–water partition coefficient (Wildman–Crippen LogP) is 5.62. The summed E-state index contributed by atoms with van der Waals surface area (Å²) < 4.78 is 10.8. The summed E-state index contributed by atoms with van der Waals surface area (Å²) in [4.78, 5) is 26.7. The van der Waals surface area contributed by atoms with Crippen LogP contribution in [0.3, 0.4) is 0 Å². The molecule has 2 N–H and O–H groups in total. The molecular weight excluding hydrogens is 470 g/mol. The van der Waals surface area contributed by atoms with Crippen LogP contribution in [-0.4, -0.2) is 41.2 Å². The fourth-order valence-corrected chi connectivity index (χ4v) is 4.09. The summed E-state index contributed by atoms with van der Waals surface area (Å²) in [6.07, 6.45) is 0. The molecule has 188 valence electrons. The van der Waals surface area contributed by atoms with Crippen molar-refractivity contribution in [2.75, 3.05) is 14.2 Å². The number of phenols is 1. The molecule has 0 spiro atoms. The van der Waals surface area contributed by atoms with Crippen LogP contribution < -0.4 is 9.47 Å². The standard InChI is InChI=1S/C30H27NO6/c1-36-25-8-5-7-23(16-25)29(33)31(19-24-6-3-4-9-28(24)37-2)18-20-10-12-21(13-11-20)22-14-15-27(32)26(17-22)30(34)35/h3-17,32H,18-19H2,1-2H3,(H,34,35). The Bertz CT molecular complexity index is 1410. The number of carboxylic acid groups (broad SMARTS) is 1. The Morgan fingerprint density at radius 1 is 0.784 bits per heavy atom. The molecule has 0 fully saturated rings. The maximum Gasteiger partial charge on any atom is 0.339 e. The van der Waals surface area contributed by atoms with Gasteiger partial charge >= 0.3 is 5.97 Å². The topological polar surface area (TPSA) is 96.3 Å². The molecule has 37 heavy (non-hydrogen) atoms. The van der Waals surface area contributed by atoms with E-state index >= 15 is 0 Å². The number of carboxylic acids is 1. The van der Waals surface area contributed by atoms with Crippen molar-refractivity contribution in [3.8, 4) is 28.4 Å². The SMILES string of the molecule is COc1cccc(C(=O)N(Cc2ccc(-c3ccc(O)c(C(=O)O)c3)cc2)Cc2ccccc2OC)c1. The third-order valence-electron chi connectivity index (χ3n) is 6.05. The van der Waals surface area contributed by atoms with Gasteiger partial charge in [0.1, 0.15) is 22.8 Å². The zero-order valence-corrected chi connectivity index (χ0v) is 20.5. The van der Waals surface area contributed by atoms with Gasteiger partial charge < -0.3 is 24.6 Å². The first-order valence-corrected chi connectivity index (χ1v) is 11.6. The monoisotopic (exact) mass is 497 g/mol. The van der Waals surface area contributed by atoms with E-state index in [0.717, 1.165) is 16.7 Å². The van der Waals surface area contributed by atoms with Crippen molar-refractivity contribution in [3.63, 3.8) is 0 Å². The zero-order chi connectivity index (χ0) is 26.4. The number of aromatic carboxylic acids is 1. The molecule has 7 heteroatoms. The van der Waals surface area contributed by atoms with Crippen LogP contribution in [0.5, 0.6) is 17.2 Å². The van der Waals surface area contributed by atoms with Crippen molar-refractivity contribution in [2.45, 2.75) is 13.1 Å². The normalized spacial score (nSPS) is 10.5. The Hall–Kier alpha value is -4.78. The summed E-state index contributed by atoms with van der Waals surface area (Å²) in [5.74, 6) is -0.335. The van der Waals surface area contributed by atoms with Gasteiger partial charge in [-0.3, -0.25) is 4.79 Å². The fraction of sp³-hybridized carbons (Fsp3) is 0.133. The summed E-state index contributed by atoms with van der Waals surface area (Å²) in [5, 5.41) is 19.1. The number of nitrogens with zero attached hydrogens (tertiary/aromatic N) is 1. The number of hydrogen-bond acceptors (Lipinski definition) is 5. The van der Waals surface area contributed by atoms with E-state index in [-0.39, 0.29) is 17.2 Å². The molecular formula is C30H27NO6. The number of aromatic hydroxyl groups is 1. The number of amides is 1. The largest absolute Gasteiger partial charge is 0.507 e. The molecule has 0 unspecified atom stereocenters. The quantitative estimate of drug-likeness (QED) is 0.312. The summed E-state index contributed by atoms with van der Waals surface area (Å²) in [7, 11) is 3.16. The lowest BCUT2D eigenvalue weighted by Crippen LogP contribution is -2.30. The van der Waals surface area contributed by atoms with Gasteiger partial charge in [-0.05, 0) is 53.1 Å². The van der Waals surface area contributed by atoms with Gasteiger partial charge in [-0.15, -0.1) is 0 Å². The Morgan fingerprint density at radius 3 is 2.22 bits per heavy atom. The second-order valence-corrected chi connectivity index (χ2v) is 8.44. The third kappa shape index (κ3) is 5.90. The Kier molecular flexibility index (Phi) is 7.74. The Balaban J connectivity index is 1.63. The molecule has 0 saturated heterocycles. The Morgan fingerprint density at radius 2 is 1.51 bits per heavy atom. The Labute approximate surface area is 215 Å². The van der Waals surface area contributed by atoms with Gasteiger partial charge in [0.25, 0.3) is 5.91 Å². The maximum atomic E-state index is 13.6. The number of hydrogen-bond donors (Lipinski definition) is 2. The molecule has 0 aliphatic rings. The van der Waals surface area contributed by atoms with Crippen LogP contribution in [0.4, 0.5) is 0 Å². The van der Waals surface area contributed by atoms with E-state index in [1.54, 1.807) is 49.5 Å². The van der Waals surface area contributed by atoms with Crippen LogP contribution in [0.25, 0.3) is 11.1 Å². The van der Waals surface area contributed by atoms with Gasteiger partial charge in [0.05, 0.1) is 14.2 Å².